The van der Waals surface area contributed by atoms with Gasteiger partial charge in [-0.1, -0.05) is 56.7 Å². The largest absolute Gasteiger partial charge is 0.462 e. The Hall–Kier alpha value is -2.30. The van der Waals surface area contributed by atoms with Crippen molar-refractivity contribution in [2.24, 2.45) is 22.9 Å². The molecule has 44 heavy (non-hydrogen) atoms. The van der Waals surface area contributed by atoms with Gasteiger partial charge in [-0.3, -0.25) is 9.59 Å². The molecule has 3 fully saturated rings. The second kappa shape index (κ2) is 13.6. The van der Waals surface area contributed by atoms with Crippen molar-refractivity contribution in [2.45, 2.75) is 115 Å². The molecule has 242 valence electrons. The average Bonchev–Trinajstić information content (AvgIpc) is 3.32. The predicted octanol–water partition coefficient (Wildman–Crippen LogP) is 5.27. The third kappa shape index (κ3) is 6.77. The molecule has 0 saturated carbocycles. The van der Waals surface area contributed by atoms with Gasteiger partial charge in [0.2, 0.25) is 0 Å². The Morgan fingerprint density at radius 2 is 2.02 bits per heavy atom. The third-order valence-corrected chi connectivity index (χ3v) is 10.0. The first kappa shape index (κ1) is 33.1. The third-order valence-electron chi connectivity index (χ3n) is 9.76. The number of fused-ring (bicyclic) bond motifs is 2. The molecule has 0 aromatic rings. The number of carbonyl (C=O) groups excluding carboxylic acids is 2. The Bertz CT molecular complexity index is 1270. The fraction of sp³-hybridized carbons (Fsp3) is 0.676. The van der Waals surface area contributed by atoms with Crippen LogP contribution in [0.3, 0.4) is 0 Å². The molecule has 1 aliphatic carbocycles. The summed E-state index contributed by atoms with van der Waals surface area (Å²) in [7, 11) is 0. The van der Waals surface area contributed by atoms with Gasteiger partial charge in [-0.2, -0.15) is 5.10 Å². The summed E-state index contributed by atoms with van der Waals surface area (Å²) in [6, 6.07) is 0. The molecule has 0 aromatic carbocycles. The van der Waals surface area contributed by atoms with Crippen molar-refractivity contribution < 1.29 is 33.6 Å². The van der Waals surface area contributed by atoms with Gasteiger partial charge in [0.25, 0.3) is 5.91 Å². The second-order valence-electron chi connectivity index (χ2n) is 13.3. The summed E-state index contributed by atoms with van der Waals surface area (Å²) in [6.07, 6.45) is 13.4. The highest BCUT2D eigenvalue weighted by atomic mass is 35.5. The summed E-state index contributed by atoms with van der Waals surface area (Å²) < 4.78 is 25.8. The SMILES string of the molecule is CC[C@H]1O[C@]2(CC[C@@H]1C)C[C@@H]1C[C@@H](C/C=C(\C)C[C@@H](C)/C=C/C=C3\CO[C@@H]4/C(=N\NC(=O)CCl)C(C)=C[C@@H](C(=O)O1)[C@]34O)O2. The van der Waals surface area contributed by atoms with E-state index in [0.29, 0.717) is 42.0 Å². The number of amides is 1. The number of carbonyl (C=O) groups is 2. The highest BCUT2D eigenvalue weighted by Crippen LogP contribution is 2.46. The van der Waals surface area contributed by atoms with E-state index >= 15 is 0 Å². The van der Waals surface area contributed by atoms with Gasteiger partial charge in [0, 0.05) is 19.3 Å². The lowest BCUT2D eigenvalue weighted by Crippen LogP contribution is -2.57. The Kier molecular flexibility index (Phi) is 10.2. The Morgan fingerprint density at radius 3 is 2.77 bits per heavy atom. The average molecular weight is 631 g/mol. The molecular formula is C34H47ClN2O7. The number of alkyl halides is 1. The van der Waals surface area contributed by atoms with E-state index in [1.54, 1.807) is 13.0 Å². The fourth-order valence-electron chi connectivity index (χ4n) is 7.39. The minimum Gasteiger partial charge on any atom is -0.462 e. The lowest BCUT2D eigenvalue weighted by Gasteiger charge is -2.49. The van der Waals surface area contributed by atoms with Crippen molar-refractivity contribution in [1.82, 2.24) is 5.43 Å². The zero-order valence-electron chi connectivity index (χ0n) is 26.5. The predicted molar refractivity (Wildman–Crippen MR) is 168 cm³/mol. The molecule has 5 rings (SSSR count). The van der Waals surface area contributed by atoms with E-state index in [-0.39, 0.29) is 30.6 Å². The maximum Gasteiger partial charge on any atom is 0.316 e. The molecule has 9 nitrogen and oxygen atoms in total. The van der Waals surface area contributed by atoms with E-state index in [1.165, 1.54) is 5.57 Å². The number of hydrogen-bond acceptors (Lipinski definition) is 8. The van der Waals surface area contributed by atoms with Gasteiger partial charge in [-0.05, 0) is 62.5 Å². The van der Waals surface area contributed by atoms with E-state index < -0.39 is 41.4 Å². The minimum atomic E-state index is -1.76. The second-order valence-corrected chi connectivity index (χ2v) is 13.6. The smallest absolute Gasteiger partial charge is 0.316 e. The van der Waals surface area contributed by atoms with E-state index in [2.05, 4.69) is 50.4 Å². The molecule has 4 aliphatic heterocycles. The van der Waals surface area contributed by atoms with Gasteiger partial charge < -0.3 is 24.1 Å². The molecule has 2 bridgehead atoms. The maximum absolute atomic E-state index is 14.1. The summed E-state index contributed by atoms with van der Waals surface area (Å²) in [5.74, 6) is -2.46. The van der Waals surface area contributed by atoms with Gasteiger partial charge in [-0.25, -0.2) is 5.43 Å². The summed E-state index contributed by atoms with van der Waals surface area (Å²) in [4.78, 5) is 26.0. The molecule has 0 radical (unpaired) electrons. The molecule has 9 atom stereocenters. The molecule has 5 aliphatic rings. The molecule has 1 spiro atoms. The Balaban J connectivity index is 1.53. The number of rotatable bonds is 3. The van der Waals surface area contributed by atoms with E-state index in [0.717, 1.165) is 25.7 Å². The number of halogens is 1. The first-order chi connectivity index (χ1) is 21.0. The monoisotopic (exact) mass is 630 g/mol. The normalized spacial score (nSPS) is 43.6. The lowest BCUT2D eigenvalue weighted by molar-refractivity contribution is -0.335. The summed E-state index contributed by atoms with van der Waals surface area (Å²) >= 11 is 5.66. The lowest BCUT2D eigenvalue weighted by atomic mass is 9.71. The Morgan fingerprint density at radius 1 is 1.23 bits per heavy atom. The molecular weight excluding hydrogens is 584 g/mol. The van der Waals surface area contributed by atoms with Crippen LogP contribution < -0.4 is 5.43 Å². The van der Waals surface area contributed by atoms with Crippen LogP contribution in [0.5, 0.6) is 0 Å². The molecule has 2 N–H and O–H groups in total. The first-order valence-corrected chi connectivity index (χ1v) is 16.6. The molecule has 10 heteroatoms. The molecule has 0 unspecified atom stereocenters. The Labute approximate surface area is 265 Å². The quantitative estimate of drug-likeness (QED) is 0.189. The van der Waals surface area contributed by atoms with Crippen LogP contribution in [0, 0.1) is 17.8 Å². The highest BCUT2D eigenvalue weighted by Gasteiger charge is 2.59. The number of nitrogens with zero attached hydrogens (tertiary/aromatic N) is 1. The van der Waals surface area contributed by atoms with Crippen LogP contribution in [0.15, 0.2) is 52.2 Å². The van der Waals surface area contributed by atoms with Crippen molar-refractivity contribution in [2.75, 3.05) is 12.5 Å². The number of allylic oxidation sites excluding steroid dienone is 4. The van der Waals surface area contributed by atoms with Crippen LogP contribution in [0.25, 0.3) is 0 Å². The number of esters is 1. The topological polar surface area (TPSA) is 116 Å². The van der Waals surface area contributed by atoms with Gasteiger partial charge in [0.05, 0.1) is 24.5 Å². The van der Waals surface area contributed by atoms with E-state index in [9.17, 15) is 14.7 Å². The van der Waals surface area contributed by atoms with Gasteiger partial charge in [0.15, 0.2) is 5.79 Å². The van der Waals surface area contributed by atoms with Crippen LogP contribution in [0.4, 0.5) is 0 Å². The van der Waals surface area contributed by atoms with E-state index in [4.69, 9.17) is 30.5 Å². The van der Waals surface area contributed by atoms with Gasteiger partial charge in [0.1, 0.15) is 29.6 Å². The van der Waals surface area contributed by atoms with Crippen molar-refractivity contribution >= 4 is 29.2 Å². The molecule has 4 heterocycles. The standard InChI is InChI=1S/C34H47ClN2O7/c1-6-28-22(4)12-13-33(44-28)17-26-16-25(43-33)11-10-21(3)14-20(2)8-7-9-24-19-41-31-30(37-36-29(38)18-35)23(5)15-27(32(39)42-26)34(24,31)40/h7-10,15,20,22,25-28,31,40H,6,11-14,16-19H2,1-5H3,(H,36,38)/b8-7+,21-10+,24-9+,37-30-/t20-,22-,25+,26-,27-,28+,31+,33+,34+/m0/s1. The number of aliphatic hydroxyl groups is 1. The van der Waals surface area contributed by atoms with Crippen LogP contribution in [0.2, 0.25) is 0 Å². The van der Waals surface area contributed by atoms with Crippen LogP contribution in [0.1, 0.15) is 79.6 Å². The number of ether oxygens (including phenoxy) is 4. The highest BCUT2D eigenvalue weighted by molar-refractivity contribution is 6.27. The number of nitrogens with one attached hydrogen (secondary N) is 1. The summed E-state index contributed by atoms with van der Waals surface area (Å²) in [6.45, 7) is 10.5. The molecule has 1 amide bonds. The summed E-state index contributed by atoms with van der Waals surface area (Å²) in [5, 5.41) is 16.6. The van der Waals surface area contributed by atoms with Crippen molar-refractivity contribution in [3.8, 4) is 0 Å². The van der Waals surface area contributed by atoms with Gasteiger partial charge >= 0.3 is 5.97 Å². The van der Waals surface area contributed by atoms with E-state index in [1.807, 2.05) is 12.2 Å². The van der Waals surface area contributed by atoms with Crippen LogP contribution >= 0.6 is 11.6 Å². The van der Waals surface area contributed by atoms with Crippen LogP contribution in [-0.2, 0) is 28.5 Å². The van der Waals surface area contributed by atoms with Crippen molar-refractivity contribution in [3.05, 3.63) is 47.1 Å². The van der Waals surface area contributed by atoms with Crippen LogP contribution in [-0.4, -0.2) is 71.0 Å². The van der Waals surface area contributed by atoms with Crippen molar-refractivity contribution in [3.63, 3.8) is 0 Å². The molecule has 3 saturated heterocycles. The molecule has 0 aromatic heterocycles. The first-order valence-electron chi connectivity index (χ1n) is 16.0. The fourth-order valence-corrected chi connectivity index (χ4v) is 7.45. The minimum absolute atomic E-state index is 0.0763. The number of hydrazone groups is 1. The maximum atomic E-state index is 14.1. The zero-order chi connectivity index (χ0) is 31.6. The number of hydrogen-bond donors (Lipinski definition) is 2. The summed E-state index contributed by atoms with van der Waals surface area (Å²) in [5.41, 5.74) is 3.42. The van der Waals surface area contributed by atoms with Gasteiger partial charge in [-0.15, -0.1) is 11.6 Å². The van der Waals surface area contributed by atoms with Crippen molar-refractivity contribution in [1.29, 1.82) is 0 Å². The zero-order valence-corrected chi connectivity index (χ0v) is 27.3.